The second-order valence-corrected chi connectivity index (χ2v) is 5.56. The van der Waals surface area contributed by atoms with E-state index in [1.165, 1.54) is 5.56 Å². The summed E-state index contributed by atoms with van der Waals surface area (Å²) in [6.07, 6.45) is 0.424. The Labute approximate surface area is 125 Å². The quantitative estimate of drug-likeness (QED) is 0.853. The van der Waals surface area contributed by atoms with Crippen LogP contribution < -0.4 is 10.1 Å². The smallest absolute Gasteiger partial charge is 0.237 e. The highest BCUT2D eigenvalue weighted by Gasteiger charge is 2.27. The molecule has 2 atom stereocenters. The largest absolute Gasteiger partial charge is 0.497 e. The molecule has 1 aromatic rings. The zero-order valence-corrected chi connectivity index (χ0v) is 12.9. The molecule has 0 aromatic heterocycles. The van der Waals surface area contributed by atoms with Gasteiger partial charge >= 0.3 is 0 Å². The molecule has 2 N–H and O–H groups in total. The van der Waals surface area contributed by atoms with Gasteiger partial charge < -0.3 is 20.1 Å². The van der Waals surface area contributed by atoms with E-state index < -0.39 is 6.10 Å². The molecule has 0 fully saturated rings. The van der Waals surface area contributed by atoms with Gasteiger partial charge in [-0.05, 0) is 43.5 Å². The molecule has 1 aromatic carbocycles. The maximum atomic E-state index is 12.3. The van der Waals surface area contributed by atoms with Crippen molar-refractivity contribution in [1.29, 1.82) is 0 Å². The molecule has 1 amide bonds. The standard InChI is InChI=1S/C16H24N2O3/c1-11(19)9-17-10-16(20)18-7-6-13-4-5-14(21-3)8-15(13)12(18)2/h4-5,8,11-12,17,19H,6-7,9-10H2,1-3H3/t11-,12?/m1/s1. The fourth-order valence-corrected chi connectivity index (χ4v) is 2.75. The zero-order valence-electron chi connectivity index (χ0n) is 12.9. The summed E-state index contributed by atoms with van der Waals surface area (Å²) in [6, 6.07) is 6.11. The molecule has 116 valence electrons. The second-order valence-electron chi connectivity index (χ2n) is 5.56. The number of ether oxygens (including phenoxy) is 1. The average molecular weight is 292 g/mol. The van der Waals surface area contributed by atoms with Gasteiger partial charge in [-0.25, -0.2) is 0 Å². The number of carbonyl (C=O) groups is 1. The predicted molar refractivity (Wildman–Crippen MR) is 81.4 cm³/mol. The van der Waals surface area contributed by atoms with Crippen LogP contribution >= 0.6 is 0 Å². The van der Waals surface area contributed by atoms with E-state index in [0.717, 1.165) is 24.3 Å². The number of rotatable bonds is 5. The molecule has 2 rings (SSSR count). The first kappa shape index (κ1) is 15.8. The van der Waals surface area contributed by atoms with Crippen LogP contribution in [0.15, 0.2) is 18.2 Å². The van der Waals surface area contributed by atoms with Crippen LogP contribution in [0.25, 0.3) is 0 Å². The van der Waals surface area contributed by atoms with E-state index in [0.29, 0.717) is 6.54 Å². The zero-order chi connectivity index (χ0) is 15.4. The van der Waals surface area contributed by atoms with Crippen molar-refractivity contribution in [2.24, 2.45) is 0 Å². The Bertz CT molecular complexity index is 502. The van der Waals surface area contributed by atoms with Crippen molar-refractivity contribution >= 4 is 5.91 Å². The van der Waals surface area contributed by atoms with Crippen LogP contribution in [0.3, 0.4) is 0 Å². The van der Waals surface area contributed by atoms with Gasteiger partial charge in [-0.1, -0.05) is 6.07 Å². The Morgan fingerprint density at radius 3 is 3.00 bits per heavy atom. The van der Waals surface area contributed by atoms with Crippen molar-refractivity contribution in [3.8, 4) is 5.75 Å². The molecule has 0 spiro atoms. The van der Waals surface area contributed by atoms with Crippen LogP contribution in [0, 0.1) is 0 Å². The number of nitrogens with one attached hydrogen (secondary N) is 1. The molecule has 0 radical (unpaired) electrons. The summed E-state index contributed by atoms with van der Waals surface area (Å²) in [6.45, 7) is 5.16. The molecular weight excluding hydrogens is 268 g/mol. The number of fused-ring (bicyclic) bond motifs is 1. The Kier molecular flexibility index (Phi) is 5.20. The number of aliphatic hydroxyl groups excluding tert-OH is 1. The van der Waals surface area contributed by atoms with E-state index in [4.69, 9.17) is 4.74 Å². The van der Waals surface area contributed by atoms with E-state index in [1.807, 2.05) is 24.0 Å². The minimum absolute atomic E-state index is 0.0460. The first-order chi connectivity index (χ1) is 10.0. The first-order valence-corrected chi connectivity index (χ1v) is 7.38. The summed E-state index contributed by atoms with van der Waals surface area (Å²) in [5.41, 5.74) is 2.44. The van der Waals surface area contributed by atoms with E-state index in [2.05, 4.69) is 11.4 Å². The summed E-state index contributed by atoms with van der Waals surface area (Å²) >= 11 is 0. The molecule has 1 heterocycles. The molecular formula is C16H24N2O3. The van der Waals surface area contributed by atoms with Gasteiger partial charge in [-0.15, -0.1) is 0 Å². The number of hydrogen-bond acceptors (Lipinski definition) is 4. The Morgan fingerprint density at radius 2 is 2.33 bits per heavy atom. The lowest BCUT2D eigenvalue weighted by Crippen LogP contribution is -2.44. The highest BCUT2D eigenvalue weighted by molar-refractivity contribution is 5.79. The number of benzene rings is 1. The molecule has 0 aliphatic carbocycles. The summed E-state index contributed by atoms with van der Waals surface area (Å²) in [7, 11) is 1.65. The number of amides is 1. The van der Waals surface area contributed by atoms with Crippen molar-refractivity contribution in [3.63, 3.8) is 0 Å². The fourth-order valence-electron chi connectivity index (χ4n) is 2.75. The molecule has 0 saturated heterocycles. The molecule has 21 heavy (non-hydrogen) atoms. The third-order valence-electron chi connectivity index (χ3n) is 3.93. The van der Waals surface area contributed by atoms with E-state index in [-0.39, 0.29) is 18.5 Å². The summed E-state index contributed by atoms with van der Waals surface area (Å²) in [5, 5.41) is 12.2. The highest BCUT2D eigenvalue weighted by Crippen LogP contribution is 2.31. The number of nitrogens with zero attached hydrogens (tertiary/aromatic N) is 1. The van der Waals surface area contributed by atoms with Crippen molar-refractivity contribution in [3.05, 3.63) is 29.3 Å². The monoisotopic (exact) mass is 292 g/mol. The van der Waals surface area contributed by atoms with Gasteiger partial charge in [0, 0.05) is 13.1 Å². The van der Waals surface area contributed by atoms with E-state index in [1.54, 1.807) is 14.0 Å². The number of hydrogen-bond donors (Lipinski definition) is 2. The number of aliphatic hydroxyl groups is 1. The Balaban J connectivity index is 2.05. The lowest BCUT2D eigenvalue weighted by atomic mass is 9.93. The minimum atomic E-state index is -0.443. The predicted octanol–water partition coefficient (Wildman–Crippen LogP) is 1.11. The molecule has 1 aliphatic heterocycles. The summed E-state index contributed by atoms with van der Waals surface area (Å²) in [5.74, 6) is 0.888. The normalized spacial score (nSPS) is 19.0. The average Bonchev–Trinajstić information content (AvgIpc) is 2.47. The van der Waals surface area contributed by atoms with Crippen LogP contribution in [0.5, 0.6) is 5.75 Å². The van der Waals surface area contributed by atoms with Crippen LogP contribution in [0.2, 0.25) is 0 Å². The molecule has 0 saturated carbocycles. The van der Waals surface area contributed by atoms with Gasteiger partial charge in [0.25, 0.3) is 0 Å². The maximum Gasteiger partial charge on any atom is 0.237 e. The summed E-state index contributed by atoms with van der Waals surface area (Å²) in [4.78, 5) is 14.2. The van der Waals surface area contributed by atoms with Gasteiger partial charge in [-0.2, -0.15) is 0 Å². The van der Waals surface area contributed by atoms with Crippen LogP contribution in [-0.2, 0) is 11.2 Å². The Morgan fingerprint density at radius 1 is 1.57 bits per heavy atom. The maximum absolute atomic E-state index is 12.3. The summed E-state index contributed by atoms with van der Waals surface area (Å²) < 4.78 is 5.27. The topological polar surface area (TPSA) is 61.8 Å². The van der Waals surface area contributed by atoms with Crippen molar-refractivity contribution in [1.82, 2.24) is 10.2 Å². The Hall–Kier alpha value is -1.59. The van der Waals surface area contributed by atoms with Crippen molar-refractivity contribution < 1.29 is 14.6 Å². The van der Waals surface area contributed by atoms with Crippen molar-refractivity contribution in [2.75, 3.05) is 26.7 Å². The third-order valence-corrected chi connectivity index (χ3v) is 3.93. The van der Waals surface area contributed by atoms with E-state index >= 15 is 0 Å². The lowest BCUT2D eigenvalue weighted by molar-refractivity contribution is -0.132. The van der Waals surface area contributed by atoms with Crippen molar-refractivity contribution in [2.45, 2.75) is 32.4 Å². The third kappa shape index (κ3) is 3.74. The van der Waals surface area contributed by atoms with Gasteiger partial charge in [0.2, 0.25) is 5.91 Å². The van der Waals surface area contributed by atoms with Gasteiger partial charge in [0.05, 0.1) is 25.8 Å². The first-order valence-electron chi connectivity index (χ1n) is 7.38. The highest BCUT2D eigenvalue weighted by atomic mass is 16.5. The van der Waals surface area contributed by atoms with Crippen LogP contribution in [0.4, 0.5) is 0 Å². The molecule has 0 bridgehead atoms. The molecule has 5 heteroatoms. The molecule has 5 nitrogen and oxygen atoms in total. The van der Waals surface area contributed by atoms with E-state index in [9.17, 15) is 9.90 Å². The fraction of sp³-hybridized carbons (Fsp3) is 0.562. The van der Waals surface area contributed by atoms with Gasteiger partial charge in [0.15, 0.2) is 0 Å². The lowest BCUT2D eigenvalue weighted by Gasteiger charge is -2.35. The molecule has 1 unspecified atom stereocenters. The SMILES string of the molecule is COc1ccc2c(c1)C(C)N(C(=O)CNC[C@@H](C)O)CC2. The van der Waals surface area contributed by atoms with Gasteiger partial charge in [0.1, 0.15) is 5.75 Å². The number of methoxy groups -OCH3 is 1. The minimum Gasteiger partial charge on any atom is -0.497 e. The van der Waals surface area contributed by atoms with Crippen LogP contribution in [-0.4, -0.2) is 48.8 Å². The molecule has 1 aliphatic rings. The second kappa shape index (κ2) is 6.91. The van der Waals surface area contributed by atoms with Gasteiger partial charge in [-0.3, -0.25) is 4.79 Å². The van der Waals surface area contributed by atoms with Crippen LogP contribution in [0.1, 0.15) is 31.0 Å². The number of carbonyl (C=O) groups excluding carboxylic acids is 1.